The van der Waals surface area contributed by atoms with Gasteiger partial charge >= 0.3 is 0 Å². The lowest BCUT2D eigenvalue weighted by Gasteiger charge is -2.28. The van der Waals surface area contributed by atoms with Gasteiger partial charge in [0.2, 0.25) is 0 Å². The first-order chi connectivity index (χ1) is 8.83. The maximum atomic E-state index is 5.97. The van der Waals surface area contributed by atoms with E-state index in [1.165, 1.54) is 36.3 Å². The normalized spacial score (nSPS) is 28.8. The summed E-state index contributed by atoms with van der Waals surface area (Å²) in [4.78, 5) is 4.05. The van der Waals surface area contributed by atoms with Crippen LogP contribution in [0, 0.1) is 5.92 Å². The number of nitrogens with zero attached hydrogens (tertiary/aromatic N) is 1. The van der Waals surface area contributed by atoms with E-state index >= 15 is 0 Å². The number of likely N-dealkylation sites (tertiary alicyclic amines) is 1. The van der Waals surface area contributed by atoms with Gasteiger partial charge in [0.25, 0.3) is 0 Å². The molecule has 0 radical (unpaired) electrons. The lowest BCUT2D eigenvalue weighted by atomic mass is 9.94. The number of hydrogen-bond donors (Lipinski definition) is 1. The maximum absolute atomic E-state index is 5.97. The topological polar surface area (TPSA) is 29.3 Å². The molecular formula is C15H22N2S. The molecule has 3 heteroatoms. The molecule has 18 heavy (non-hydrogen) atoms. The Morgan fingerprint density at radius 1 is 1.22 bits per heavy atom. The largest absolute Gasteiger partial charge is 0.330 e. The van der Waals surface area contributed by atoms with Crippen molar-refractivity contribution in [3.8, 4) is 0 Å². The van der Waals surface area contributed by atoms with Gasteiger partial charge in [0.1, 0.15) is 0 Å². The Morgan fingerprint density at radius 2 is 1.94 bits per heavy atom. The van der Waals surface area contributed by atoms with E-state index in [2.05, 4.69) is 35.4 Å². The van der Waals surface area contributed by atoms with Crippen molar-refractivity contribution in [2.45, 2.75) is 36.2 Å². The van der Waals surface area contributed by atoms with Crippen LogP contribution in [0.25, 0.3) is 0 Å². The number of hydrogen-bond acceptors (Lipinski definition) is 3. The Kier molecular flexibility index (Phi) is 3.64. The van der Waals surface area contributed by atoms with Crippen molar-refractivity contribution in [1.82, 2.24) is 4.90 Å². The van der Waals surface area contributed by atoms with Crippen molar-refractivity contribution >= 4 is 11.8 Å². The lowest BCUT2D eigenvalue weighted by molar-refractivity contribution is 0.220. The van der Waals surface area contributed by atoms with Crippen LogP contribution in [0.15, 0.2) is 29.2 Å². The van der Waals surface area contributed by atoms with Crippen LogP contribution in [0.5, 0.6) is 0 Å². The van der Waals surface area contributed by atoms with E-state index in [4.69, 9.17) is 5.73 Å². The molecule has 2 atom stereocenters. The summed E-state index contributed by atoms with van der Waals surface area (Å²) in [5.74, 6) is 0.644. The Hall–Kier alpha value is -0.510. The first kappa shape index (κ1) is 12.5. The zero-order valence-electron chi connectivity index (χ0n) is 11.0. The summed E-state index contributed by atoms with van der Waals surface area (Å²) in [6.07, 6.45) is 6.17. The third kappa shape index (κ3) is 2.31. The van der Waals surface area contributed by atoms with Gasteiger partial charge in [0.15, 0.2) is 0 Å². The predicted octanol–water partition coefficient (Wildman–Crippen LogP) is 2.89. The zero-order chi connectivity index (χ0) is 12.5. The van der Waals surface area contributed by atoms with Gasteiger partial charge in [-0.15, -0.1) is 11.8 Å². The highest BCUT2D eigenvalue weighted by Gasteiger charge is 2.41. The summed E-state index contributed by atoms with van der Waals surface area (Å²) in [5, 5.41) is 0. The van der Waals surface area contributed by atoms with Gasteiger partial charge in [-0.1, -0.05) is 12.1 Å². The third-order valence-electron chi connectivity index (χ3n) is 4.34. The smallest absolute Gasteiger partial charge is 0.0391 e. The van der Waals surface area contributed by atoms with Crippen LogP contribution in [-0.4, -0.2) is 30.3 Å². The number of nitrogens with two attached hydrogens (primary N) is 1. The average Bonchev–Trinajstić information content (AvgIpc) is 3.18. The first-order valence-electron chi connectivity index (χ1n) is 6.93. The highest BCUT2D eigenvalue weighted by Crippen LogP contribution is 2.43. The minimum Gasteiger partial charge on any atom is -0.330 e. The number of rotatable bonds is 4. The Morgan fingerprint density at radius 3 is 2.50 bits per heavy atom. The molecule has 0 amide bonds. The van der Waals surface area contributed by atoms with Crippen LogP contribution >= 0.6 is 11.8 Å². The van der Waals surface area contributed by atoms with Crippen LogP contribution in [0.4, 0.5) is 0 Å². The fourth-order valence-electron chi connectivity index (χ4n) is 3.21. The summed E-state index contributed by atoms with van der Waals surface area (Å²) in [6.45, 7) is 2.06. The summed E-state index contributed by atoms with van der Waals surface area (Å²) < 4.78 is 0. The highest BCUT2D eigenvalue weighted by molar-refractivity contribution is 7.98. The fraction of sp³-hybridized carbons (Fsp3) is 0.600. The molecule has 2 fully saturated rings. The molecule has 98 valence electrons. The Balaban J connectivity index is 1.84. The standard InChI is InChI=1S/C15H22N2S/c1-18-14-6-2-11(3-7-14)15-12(10-16)8-9-17(15)13-4-5-13/h2-3,6-7,12-13,15H,4-5,8-10,16H2,1H3. The van der Waals surface area contributed by atoms with Crippen molar-refractivity contribution in [3.63, 3.8) is 0 Å². The summed E-state index contributed by atoms with van der Waals surface area (Å²) in [7, 11) is 0. The van der Waals surface area contributed by atoms with Crippen molar-refractivity contribution < 1.29 is 0 Å². The minimum absolute atomic E-state index is 0.568. The molecule has 1 aliphatic heterocycles. The first-order valence-corrected chi connectivity index (χ1v) is 8.15. The molecule has 0 spiro atoms. The Bertz CT molecular complexity index is 399. The second-order valence-electron chi connectivity index (χ2n) is 5.47. The molecule has 1 aromatic rings. The van der Waals surface area contributed by atoms with Crippen LogP contribution < -0.4 is 5.73 Å². The van der Waals surface area contributed by atoms with Gasteiger partial charge in [0, 0.05) is 17.0 Å². The highest BCUT2D eigenvalue weighted by atomic mass is 32.2. The molecular weight excluding hydrogens is 240 g/mol. The van der Waals surface area contributed by atoms with Gasteiger partial charge in [-0.05, 0) is 62.2 Å². The molecule has 2 aliphatic rings. The van der Waals surface area contributed by atoms with E-state index < -0.39 is 0 Å². The van der Waals surface area contributed by atoms with E-state index in [1.807, 2.05) is 11.8 Å². The molecule has 2 unspecified atom stereocenters. The second kappa shape index (κ2) is 5.24. The molecule has 1 saturated heterocycles. The van der Waals surface area contributed by atoms with E-state index in [9.17, 15) is 0 Å². The number of benzene rings is 1. The summed E-state index contributed by atoms with van der Waals surface area (Å²) in [6, 6.07) is 10.5. The molecule has 1 saturated carbocycles. The molecule has 2 N–H and O–H groups in total. The van der Waals surface area contributed by atoms with Gasteiger partial charge in [-0.2, -0.15) is 0 Å². The number of thioether (sulfide) groups is 1. The zero-order valence-corrected chi connectivity index (χ0v) is 11.8. The minimum atomic E-state index is 0.568. The molecule has 0 aromatic heterocycles. The van der Waals surface area contributed by atoms with Crippen molar-refractivity contribution in [3.05, 3.63) is 29.8 Å². The quantitative estimate of drug-likeness (QED) is 0.846. The molecule has 0 bridgehead atoms. The van der Waals surface area contributed by atoms with E-state index in [0.717, 1.165) is 12.6 Å². The SMILES string of the molecule is CSc1ccc(C2C(CN)CCN2C2CC2)cc1. The summed E-state index contributed by atoms with van der Waals surface area (Å²) in [5.41, 5.74) is 7.44. The van der Waals surface area contributed by atoms with Crippen LogP contribution in [0.1, 0.15) is 30.9 Å². The van der Waals surface area contributed by atoms with E-state index in [0.29, 0.717) is 12.0 Å². The van der Waals surface area contributed by atoms with Crippen molar-refractivity contribution in [2.24, 2.45) is 11.7 Å². The Labute approximate surface area is 114 Å². The van der Waals surface area contributed by atoms with Gasteiger partial charge in [-0.25, -0.2) is 0 Å². The van der Waals surface area contributed by atoms with Crippen molar-refractivity contribution in [2.75, 3.05) is 19.3 Å². The molecule has 2 nitrogen and oxygen atoms in total. The fourth-order valence-corrected chi connectivity index (χ4v) is 3.62. The molecule has 1 aliphatic carbocycles. The molecule has 3 rings (SSSR count). The average molecular weight is 262 g/mol. The van der Waals surface area contributed by atoms with Gasteiger partial charge < -0.3 is 5.73 Å². The van der Waals surface area contributed by atoms with E-state index in [-0.39, 0.29) is 0 Å². The van der Waals surface area contributed by atoms with Crippen molar-refractivity contribution in [1.29, 1.82) is 0 Å². The van der Waals surface area contributed by atoms with Crippen LogP contribution in [0.2, 0.25) is 0 Å². The molecule has 1 aromatic carbocycles. The van der Waals surface area contributed by atoms with E-state index in [1.54, 1.807) is 0 Å². The third-order valence-corrected chi connectivity index (χ3v) is 5.08. The lowest BCUT2D eigenvalue weighted by Crippen LogP contribution is -2.29. The predicted molar refractivity (Wildman–Crippen MR) is 77.9 cm³/mol. The van der Waals surface area contributed by atoms with Crippen LogP contribution in [0.3, 0.4) is 0 Å². The summed E-state index contributed by atoms with van der Waals surface area (Å²) >= 11 is 1.81. The second-order valence-corrected chi connectivity index (χ2v) is 6.35. The van der Waals surface area contributed by atoms with Crippen LogP contribution in [-0.2, 0) is 0 Å². The monoisotopic (exact) mass is 262 g/mol. The molecule has 1 heterocycles. The van der Waals surface area contributed by atoms with Gasteiger partial charge in [-0.3, -0.25) is 4.90 Å². The maximum Gasteiger partial charge on any atom is 0.0391 e. The van der Waals surface area contributed by atoms with Gasteiger partial charge in [0.05, 0.1) is 0 Å².